The minimum absolute atomic E-state index is 0.155. The van der Waals surface area contributed by atoms with E-state index in [-0.39, 0.29) is 30.1 Å². The van der Waals surface area contributed by atoms with Crippen molar-refractivity contribution in [1.29, 1.82) is 0 Å². The van der Waals surface area contributed by atoms with Crippen molar-refractivity contribution >= 4 is 35.2 Å². The summed E-state index contributed by atoms with van der Waals surface area (Å²) in [5.74, 6) is -0.426. The van der Waals surface area contributed by atoms with Crippen LogP contribution in [0.4, 0.5) is 5.69 Å². The molecule has 0 saturated carbocycles. The number of carbonyl (C=O) groups is 3. The van der Waals surface area contributed by atoms with E-state index < -0.39 is 6.04 Å². The summed E-state index contributed by atoms with van der Waals surface area (Å²) in [6.07, 6.45) is 0.652. The zero-order valence-corrected chi connectivity index (χ0v) is 14.5. The van der Waals surface area contributed by atoms with Crippen LogP contribution in [0.5, 0.6) is 0 Å². The number of nitrogens with one attached hydrogen (secondary N) is 1. The first-order chi connectivity index (χ1) is 11.4. The third-order valence-corrected chi connectivity index (χ3v) is 4.71. The molecular formula is C17H20ClN3O3. The van der Waals surface area contributed by atoms with Crippen molar-refractivity contribution < 1.29 is 14.4 Å². The van der Waals surface area contributed by atoms with Crippen LogP contribution in [-0.2, 0) is 16.1 Å². The van der Waals surface area contributed by atoms with Gasteiger partial charge in [-0.1, -0.05) is 19.9 Å². The van der Waals surface area contributed by atoms with Gasteiger partial charge in [0.1, 0.15) is 6.04 Å². The van der Waals surface area contributed by atoms with E-state index in [0.717, 1.165) is 5.56 Å². The van der Waals surface area contributed by atoms with Crippen molar-refractivity contribution in [3.05, 3.63) is 29.3 Å². The van der Waals surface area contributed by atoms with E-state index in [2.05, 4.69) is 4.84 Å². The molecule has 0 bridgehead atoms. The van der Waals surface area contributed by atoms with Gasteiger partial charge in [0, 0.05) is 42.4 Å². The topological polar surface area (TPSA) is 69.7 Å². The van der Waals surface area contributed by atoms with Crippen LogP contribution in [0.1, 0.15) is 42.6 Å². The Balaban J connectivity index is 1.86. The lowest BCUT2D eigenvalue weighted by Crippen LogP contribution is -2.55. The first-order valence-corrected chi connectivity index (χ1v) is 8.45. The predicted octanol–water partition coefficient (Wildman–Crippen LogP) is 2.38. The molecule has 128 valence electrons. The van der Waals surface area contributed by atoms with Crippen LogP contribution in [0.2, 0.25) is 0 Å². The summed E-state index contributed by atoms with van der Waals surface area (Å²) in [7, 11) is 0. The largest absolute Gasteiger partial charge is 0.322 e. The summed E-state index contributed by atoms with van der Waals surface area (Å²) in [5, 5.41) is 0. The van der Waals surface area contributed by atoms with E-state index in [4.69, 9.17) is 11.8 Å². The fraction of sp³-hybridized carbons (Fsp3) is 0.471. The van der Waals surface area contributed by atoms with Gasteiger partial charge in [-0.15, -0.1) is 0 Å². The van der Waals surface area contributed by atoms with E-state index >= 15 is 0 Å². The number of hydrogen-bond acceptors (Lipinski definition) is 4. The second kappa shape index (κ2) is 6.43. The highest BCUT2D eigenvalue weighted by molar-refractivity contribution is 6.24. The summed E-state index contributed by atoms with van der Waals surface area (Å²) in [6.45, 7) is 4.63. The molecule has 6 nitrogen and oxygen atoms in total. The van der Waals surface area contributed by atoms with Crippen molar-refractivity contribution in [3.8, 4) is 0 Å². The monoisotopic (exact) mass is 349 g/mol. The third-order valence-electron chi connectivity index (χ3n) is 4.51. The number of hydrogen-bond donors (Lipinski definition) is 1. The number of fused-ring (bicyclic) bond motifs is 1. The number of carbonyl (C=O) groups excluding carboxylic acids is 3. The van der Waals surface area contributed by atoms with E-state index in [1.165, 1.54) is 4.90 Å². The third kappa shape index (κ3) is 2.75. The molecule has 2 aliphatic heterocycles. The van der Waals surface area contributed by atoms with Gasteiger partial charge in [0.25, 0.3) is 11.8 Å². The number of nitrogens with zero attached hydrogens (tertiary/aromatic N) is 2. The zero-order valence-electron chi connectivity index (χ0n) is 13.7. The van der Waals surface area contributed by atoms with Crippen molar-refractivity contribution in [2.75, 3.05) is 11.4 Å². The van der Waals surface area contributed by atoms with E-state index in [0.29, 0.717) is 30.8 Å². The summed E-state index contributed by atoms with van der Waals surface area (Å²) < 4.78 is 0. The fourth-order valence-electron chi connectivity index (χ4n) is 3.36. The Morgan fingerprint density at radius 2 is 2.04 bits per heavy atom. The van der Waals surface area contributed by atoms with Crippen molar-refractivity contribution in [3.63, 3.8) is 0 Å². The molecule has 1 N–H and O–H groups in total. The number of benzene rings is 1. The maximum Gasteiger partial charge on any atom is 0.255 e. The van der Waals surface area contributed by atoms with Crippen LogP contribution in [0.25, 0.3) is 0 Å². The summed E-state index contributed by atoms with van der Waals surface area (Å²) in [4.78, 5) is 43.0. The number of anilines is 1. The lowest BCUT2D eigenvalue weighted by molar-refractivity contribution is -0.152. The first kappa shape index (κ1) is 16.8. The summed E-state index contributed by atoms with van der Waals surface area (Å²) in [6, 6.07) is 4.69. The molecular weight excluding hydrogens is 330 g/mol. The highest BCUT2D eigenvalue weighted by Gasteiger charge is 2.43. The van der Waals surface area contributed by atoms with Gasteiger partial charge in [0.2, 0.25) is 5.91 Å². The number of imide groups is 1. The maximum atomic E-state index is 12.8. The molecule has 0 spiro atoms. The van der Waals surface area contributed by atoms with Crippen LogP contribution >= 0.6 is 11.8 Å². The van der Waals surface area contributed by atoms with Crippen LogP contribution < -0.4 is 4.84 Å². The molecule has 1 saturated heterocycles. The number of piperidine rings is 1. The van der Waals surface area contributed by atoms with Gasteiger partial charge < -0.3 is 4.90 Å². The van der Waals surface area contributed by atoms with Crippen LogP contribution in [0.15, 0.2) is 18.2 Å². The van der Waals surface area contributed by atoms with Gasteiger partial charge in [-0.25, -0.2) is 0 Å². The van der Waals surface area contributed by atoms with Crippen LogP contribution in [0, 0.1) is 5.92 Å². The lowest BCUT2D eigenvalue weighted by Gasteiger charge is -2.36. The van der Waals surface area contributed by atoms with Crippen molar-refractivity contribution in [2.24, 2.45) is 5.92 Å². The summed E-state index contributed by atoms with van der Waals surface area (Å²) >= 11 is 5.72. The van der Waals surface area contributed by atoms with Gasteiger partial charge in [0.05, 0.1) is 5.69 Å². The SMILES string of the molecule is CC(C)CN1C(=O)CCC(N2Cc3c(NCl)cccc3C2=O)C1=O. The smallest absolute Gasteiger partial charge is 0.255 e. The second-order valence-electron chi connectivity index (χ2n) is 6.65. The average Bonchev–Trinajstić information content (AvgIpc) is 2.88. The van der Waals surface area contributed by atoms with Crippen LogP contribution in [0.3, 0.4) is 0 Å². The molecule has 2 heterocycles. The Morgan fingerprint density at radius 1 is 1.29 bits per heavy atom. The standard InChI is InChI=1S/C17H20ClN3O3/c1-10(2)8-21-15(22)7-6-14(17(21)24)20-9-12-11(16(20)23)4-3-5-13(12)19-18/h3-5,10,14,19H,6-9H2,1-2H3. The van der Waals surface area contributed by atoms with Crippen LogP contribution in [-0.4, -0.2) is 40.1 Å². The average molecular weight is 350 g/mol. The first-order valence-electron chi connectivity index (χ1n) is 8.07. The van der Waals surface area contributed by atoms with Gasteiger partial charge >= 0.3 is 0 Å². The maximum absolute atomic E-state index is 12.8. The molecule has 3 rings (SSSR count). The number of amides is 3. The molecule has 0 radical (unpaired) electrons. The molecule has 0 aliphatic carbocycles. The Bertz CT molecular complexity index is 704. The molecule has 7 heteroatoms. The van der Waals surface area contributed by atoms with Gasteiger partial charge in [-0.05, 0) is 24.5 Å². The predicted molar refractivity (Wildman–Crippen MR) is 90.4 cm³/mol. The molecule has 3 amide bonds. The molecule has 24 heavy (non-hydrogen) atoms. The molecule has 1 fully saturated rings. The van der Waals surface area contributed by atoms with E-state index in [1.807, 2.05) is 13.8 Å². The highest BCUT2D eigenvalue weighted by atomic mass is 35.5. The summed E-state index contributed by atoms with van der Waals surface area (Å²) in [5.41, 5.74) is 2.02. The molecule has 0 aromatic heterocycles. The molecule has 1 aromatic rings. The fourth-order valence-corrected chi connectivity index (χ4v) is 3.54. The van der Waals surface area contributed by atoms with E-state index in [1.54, 1.807) is 23.1 Å². The van der Waals surface area contributed by atoms with E-state index in [9.17, 15) is 14.4 Å². The minimum atomic E-state index is -0.593. The minimum Gasteiger partial charge on any atom is -0.322 e. The Labute approximate surface area is 145 Å². The number of halogens is 1. The normalized spacial score (nSPS) is 20.8. The van der Waals surface area contributed by atoms with Gasteiger partial charge in [0.15, 0.2) is 0 Å². The molecule has 1 unspecified atom stereocenters. The van der Waals surface area contributed by atoms with Crippen molar-refractivity contribution in [2.45, 2.75) is 39.3 Å². The number of rotatable bonds is 4. The van der Waals surface area contributed by atoms with Gasteiger partial charge in [-0.3, -0.25) is 24.1 Å². The second-order valence-corrected chi connectivity index (χ2v) is 6.84. The van der Waals surface area contributed by atoms with Gasteiger partial charge in [-0.2, -0.15) is 0 Å². The number of likely N-dealkylation sites (tertiary alicyclic amines) is 1. The zero-order chi connectivity index (χ0) is 17.4. The van der Waals surface area contributed by atoms with Crippen molar-refractivity contribution in [1.82, 2.24) is 9.80 Å². The Kier molecular flexibility index (Phi) is 4.49. The Hall–Kier alpha value is -2.08. The molecule has 1 atom stereocenters. The Morgan fingerprint density at radius 3 is 2.71 bits per heavy atom. The lowest BCUT2D eigenvalue weighted by atomic mass is 10.0. The molecule has 1 aromatic carbocycles. The quantitative estimate of drug-likeness (QED) is 0.669. The molecule has 2 aliphatic rings. The highest BCUT2D eigenvalue weighted by Crippen LogP contribution is 2.33.